The molecule has 1 atom stereocenters. The van der Waals surface area contributed by atoms with E-state index in [4.69, 9.17) is 11.6 Å². The van der Waals surface area contributed by atoms with Crippen LogP contribution < -0.4 is 5.32 Å². The number of amides is 1. The molecular weight excluding hydrogens is 324 g/mol. The summed E-state index contributed by atoms with van der Waals surface area (Å²) in [6, 6.07) is 14.8. The van der Waals surface area contributed by atoms with Crippen LogP contribution in [0, 0.1) is 0 Å². The molecule has 3 rings (SSSR count). The van der Waals surface area contributed by atoms with E-state index in [1.807, 2.05) is 35.2 Å². The Balaban J connectivity index is 1.90. The van der Waals surface area contributed by atoms with Gasteiger partial charge in [0.25, 0.3) is 0 Å². The smallest absolute Gasteiger partial charge is 0.223 e. The van der Waals surface area contributed by atoms with Crippen LogP contribution in [0.5, 0.6) is 5.75 Å². The summed E-state index contributed by atoms with van der Waals surface area (Å²) in [5.41, 5.74) is 1.71. The molecular formula is C19H22ClN2O2+. The molecule has 1 aliphatic heterocycles. The number of aromatic hydroxyl groups is 1. The van der Waals surface area contributed by atoms with Gasteiger partial charge in [-0.25, -0.2) is 0 Å². The number of benzene rings is 2. The highest BCUT2D eigenvalue weighted by molar-refractivity contribution is 6.30. The molecule has 0 radical (unpaired) electrons. The lowest BCUT2D eigenvalue weighted by atomic mass is 9.87. The summed E-state index contributed by atoms with van der Waals surface area (Å²) >= 11 is 6.12. The van der Waals surface area contributed by atoms with Gasteiger partial charge in [0, 0.05) is 22.9 Å². The average Bonchev–Trinajstić information content (AvgIpc) is 2.63. The van der Waals surface area contributed by atoms with E-state index in [0.717, 1.165) is 31.7 Å². The minimum atomic E-state index is -0.205. The van der Waals surface area contributed by atoms with Gasteiger partial charge in [-0.2, -0.15) is 0 Å². The summed E-state index contributed by atoms with van der Waals surface area (Å²) in [5, 5.41) is 13.1. The number of halogens is 1. The van der Waals surface area contributed by atoms with E-state index in [2.05, 4.69) is 5.32 Å². The van der Waals surface area contributed by atoms with Crippen molar-refractivity contribution in [2.75, 3.05) is 26.2 Å². The van der Waals surface area contributed by atoms with E-state index in [0.29, 0.717) is 17.0 Å². The monoisotopic (exact) mass is 345 g/mol. The van der Waals surface area contributed by atoms with Crippen molar-refractivity contribution < 1.29 is 15.2 Å². The Morgan fingerprint density at radius 2 is 1.88 bits per heavy atom. The molecule has 2 aromatic rings. The van der Waals surface area contributed by atoms with Crippen LogP contribution >= 0.6 is 11.6 Å². The third-order valence-corrected chi connectivity index (χ3v) is 4.74. The minimum absolute atomic E-state index is 0.122. The van der Waals surface area contributed by atoms with Crippen LogP contribution in [0.3, 0.4) is 0 Å². The zero-order valence-electron chi connectivity index (χ0n) is 13.5. The Bertz CT molecular complexity index is 700. The number of phenolic OH excluding ortho intramolecular Hbond substituents is 1. The molecule has 1 saturated heterocycles. The predicted molar refractivity (Wildman–Crippen MR) is 94.3 cm³/mol. The van der Waals surface area contributed by atoms with Crippen molar-refractivity contribution in [3.8, 4) is 5.75 Å². The molecule has 2 aromatic carbocycles. The molecule has 1 aliphatic rings. The van der Waals surface area contributed by atoms with E-state index in [1.54, 1.807) is 18.2 Å². The summed E-state index contributed by atoms with van der Waals surface area (Å²) in [7, 11) is 0. The molecule has 1 amide bonds. The molecule has 5 heteroatoms. The van der Waals surface area contributed by atoms with Gasteiger partial charge in [-0.3, -0.25) is 4.79 Å². The van der Waals surface area contributed by atoms with Gasteiger partial charge in [-0.05, 0) is 23.8 Å². The van der Waals surface area contributed by atoms with Crippen LogP contribution in [0.4, 0.5) is 0 Å². The molecule has 0 bridgehead atoms. The maximum Gasteiger partial charge on any atom is 0.223 e. The quantitative estimate of drug-likeness (QED) is 0.890. The van der Waals surface area contributed by atoms with E-state index in [9.17, 15) is 9.90 Å². The SMILES string of the molecule is O=C(C[C@H](c1ccccc1)c1cc(Cl)ccc1O)N1CC[NH2+]CC1. The number of quaternary nitrogens is 1. The molecule has 1 heterocycles. The Kier molecular flexibility index (Phi) is 5.38. The van der Waals surface area contributed by atoms with E-state index in [1.165, 1.54) is 0 Å². The van der Waals surface area contributed by atoms with Gasteiger partial charge in [0.15, 0.2) is 0 Å². The van der Waals surface area contributed by atoms with Crippen molar-refractivity contribution in [3.63, 3.8) is 0 Å². The third kappa shape index (κ3) is 3.89. The molecule has 1 fully saturated rings. The number of hydrogen-bond donors (Lipinski definition) is 2. The molecule has 0 spiro atoms. The standard InChI is InChI=1S/C19H21ClN2O2/c20-15-6-7-18(23)17(12-15)16(14-4-2-1-3-5-14)13-19(24)22-10-8-21-9-11-22/h1-7,12,16,21,23H,8-11,13H2/p+1/t16-/m1/s1. The van der Waals surface area contributed by atoms with Crippen molar-refractivity contribution in [2.24, 2.45) is 0 Å². The fraction of sp³-hybridized carbons (Fsp3) is 0.316. The summed E-state index contributed by atoms with van der Waals surface area (Å²) in [4.78, 5) is 14.7. The van der Waals surface area contributed by atoms with Crippen LogP contribution in [-0.4, -0.2) is 42.1 Å². The fourth-order valence-corrected chi connectivity index (χ4v) is 3.38. The normalized spacial score (nSPS) is 16.0. The first-order valence-electron chi connectivity index (χ1n) is 8.28. The van der Waals surface area contributed by atoms with Crippen molar-refractivity contribution >= 4 is 17.5 Å². The van der Waals surface area contributed by atoms with Crippen molar-refractivity contribution in [1.29, 1.82) is 0 Å². The number of piperazine rings is 1. The van der Waals surface area contributed by atoms with Crippen molar-refractivity contribution in [1.82, 2.24) is 4.90 Å². The molecule has 3 N–H and O–H groups in total. The zero-order chi connectivity index (χ0) is 16.9. The number of nitrogens with zero attached hydrogens (tertiary/aromatic N) is 1. The number of hydrogen-bond acceptors (Lipinski definition) is 2. The van der Waals surface area contributed by atoms with Crippen LogP contribution in [0.1, 0.15) is 23.5 Å². The first-order valence-corrected chi connectivity index (χ1v) is 8.66. The van der Waals surface area contributed by atoms with Gasteiger partial charge in [0.2, 0.25) is 5.91 Å². The number of rotatable bonds is 4. The molecule has 0 aliphatic carbocycles. The highest BCUT2D eigenvalue weighted by Crippen LogP contribution is 2.36. The largest absolute Gasteiger partial charge is 0.508 e. The lowest BCUT2D eigenvalue weighted by Gasteiger charge is -2.28. The second-order valence-corrected chi connectivity index (χ2v) is 6.55. The number of carbonyl (C=O) groups excluding carboxylic acids is 1. The average molecular weight is 346 g/mol. The lowest BCUT2D eigenvalue weighted by molar-refractivity contribution is -0.662. The Morgan fingerprint density at radius 3 is 2.58 bits per heavy atom. The van der Waals surface area contributed by atoms with Gasteiger partial charge in [0.1, 0.15) is 5.75 Å². The number of phenols is 1. The van der Waals surface area contributed by atoms with Gasteiger partial charge >= 0.3 is 0 Å². The lowest BCUT2D eigenvalue weighted by Crippen LogP contribution is -2.89. The van der Waals surface area contributed by atoms with Gasteiger partial charge in [0.05, 0.1) is 26.2 Å². The summed E-state index contributed by atoms with van der Waals surface area (Å²) in [6.07, 6.45) is 0.331. The van der Waals surface area contributed by atoms with Crippen LogP contribution in [0.25, 0.3) is 0 Å². The number of carbonyl (C=O) groups is 1. The summed E-state index contributed by atoms with van der Waals surface area (Å²) in [5.74, 6) is 0.0904. The van der Waals surface area contributed by atoms with Crippen LogP contribution in [0.15, 0.2) is 48.5 Å². The fourth-order valence-electron chi connectivity index (χ4n) is 3.20. The van der Waals surface area contributed by atoms with Gasteiger partial charge < -0.3 is 15.3 Å². The molecule has 0 saturated carbocycles. The van der Waals surface area contributed by atoms with E-state index < -0.39 is 0 Å². The van der Waals surface area contributed by atoms with E-state index in [-0.39, 0.29) is 17.6 Å². The van der Waals surface area contributed by atoms with Crippen LogP contribution in [0.2, 0.25) is 5.02 Å². The molecule has 0 unspecified atom stereocenters. The maximum atomic E-state index is 12.7. The Morgan fingerprint density at radius 1 is 1.17 bits per heavy atom. The van der Waals surface area contributed by atoms with E-state index >= 15 is 0 Å². The first kappa shape index (κ1) is 16.8. The first-order chi connectivity index (χ1) is 11.6. The molecule has 126 valence electrons. The summed E-state index contributed by atoms with van der Waals surface area (Å²) in [6.45, 7) is 3.46. The topological polar surface area (TPSA) is 57.1 Å². The minimum Gasteiger partial charge on any atom is -0.508 e. The van der Waals surface area contributed by atoms with Crippen LogP contribution in [-0.2, 0) is 4.79 Å². The number of nitrogens with two attached hydrogens (primary N) is 1. The molecule has 4 nitrogen and oxygen atoms in total. The Hall–Kier alpha value is -2.04. The molecule has 0 aromatic heterocycles. The highest BCUT2D eigenvalue weighted by atomic mass is 35.5. The third-order valence-electron chi connectivity index (χ3n) is 4.50. The maximum absolute atomic E-state index is 12.7. The zero-order valence-corrected chi connectivity index (χ0v) is 14.2. The second-order valence-electron chi connectivity index (χ2n) is 6.12. The van der Waals surface area contributed by atoms with Gasteiger partial charge in [-0.1, -0.05) is 41.9 Å². The predicted octanol–water partition coefficient (Wildman–Crippen LogP) is 1.97. The summed E-state index contributed by atoms with van der Waals surface area (Å²) < 4.78 is 0. The van der Waals surface area contributed by atoms with Crippen molar-refractivity contribution in [3.05, 3.63) is 64.7 Å². The highest BCUT2D eigenvalue weighted by Gasteiger charge is 2.25. The molecule has 24 heavy (non-hydrogen) atoms. The second kappa shape index (κ2) is 7.69. The van der Waals surface area contributed by atoms with Gasteiger partial charge in [-0.15, -0.1) is 0 Å². The van der Waals surface area contributed by atoms with Crippen molar-refractivity contribution in [2.45, 2.75) is 12.3 Å². The Labute approximate surface area is 147 Å².